The smallest absolute Gasteiger partial charge is 0.296 e. The first-order valence-corrected chi connectivity index (χ1v) is 10.1. The third kappa shape index (κ3) is 2.93. The number of hydrogen-bond acceptors (Lipinski definition) is 6. The number of ether oxygens (including phenoxy) is 1. The van der Waals surface area contributed by atoms with Gasteiger partial charge < -0.3 is 14.3 Å². The molecular formula is C25H20N2O5. The van der Waals surface area contributed by atoms with Gasteiger partial charge in [0.1, 0.15) is 11.4 Å². The minimum atomic E-state index is -0.789. The molecule has 1 N–H and O–H groups in total. The third-order valence-corrected chi connectivity index (χ3v) is 5.67. The van der Waals surface area contributed by atoms with Crippen molar-refractivity contribution < 1.29 is 19.1 Å². The van der Waals surface area contributed by atoms with Crippen molar-refractivity contribution in [2.75, 3.05) is 12.0 Å². The second-order valence-electron chi connectivity index (χ2n) is 7.82. The number of fused-ring (bicyclic) bond motifs is 2. The van der Waals surface area contributed by atoms with Crippen LogP contribution in [0.4, 0.5) is 5.82 Å². The van der Waals surface area contributed by atoms with Gasteiger partial charge in [0.2, 0.25) is 5.76 Å². The summed E-state index contributed by atoms with van der Waals surface area (Å²) in [4.78, 5) is 33.2. The highest BCUT2D eigenvalue weighted by molar-refractivity contribution is 6.10. The Morgan fingerprint density at radius 1 is 1.06 bits per heavy atom. The van der Waals surface area contributed by atoms with Crippen molar-refractivity contribution in [3.8, 4) is 11.5 Å². The van der Waals surface area contributed by atoms with Crippen molar-refractivity contribution in [2.45, 2.75) is 19.9 Å². The summed E-state index contributed by atoms with van der Waals surface area (Å²) in [6, 6.07) is 14.6. The molecule has 5 rings (SSSR count). The van der Waals surface area contributed by atoms with E-state index >= 15 is 0 Å². The fourth-order valence-corrected chi connectivity index (χ4v) is 4.17. The topological polar surface area (TPSA) is 92.9 Å². The molecule has 1 aliphatic rings. The first kappa shape index (κ1) is 19.8. The van der Waals surface area contributed by atoms with E-state index in [1.165, 1.54) is 18.1 Å². The maximum absolute atomic E-state index is 13.6. The summed E-state index contributed by atoms with van der Waals surface area (Å²) in [6.45, 7) is 3.72. The number of hydrogen-bond donors (Lipinski definition) is 1. The Hall–Kier alpha value is -4.13. The second kappa shape index (κ2) is 7.23. The molecule has 160 valence electrons. The Bertz CT molecular complexity index is 1460. The molecule has 2 aromatic heterocycles. The molecule has 1 aliphatic heterocycles. The summed E-state index contributed by atoms with van der Waals surface area (Å²) in [5.74, 6) is 0.142. The fourth-order valence-electron chi connectivity index (χ4n) is 4.17. The standard InChI is InChI=1S/C25H20N2O5/c1-13-7-10-18-16(11-13)23(29)21-22(15-8-9-17(28)19(12-15)31-3)27(25(30)24(21)32-18)20-6-4-5-14(2)26-20/h4-12,22,28H,1-3H3/t22-/m0/s1. The van der Waals surface area contributed by atoms with E-state index in [-0.39, 0.29) is 28.3 Å². The molecule has 1 atom stereocenters. The molecule has 0 unspecified atom stereocenters. The van der Waals surface area contributed by atoms with Crippen molar-refractivity contribution in [3.63, 3.8) is 0 Å². The molecule has 0 saturated heterocycles. The summed E-state index contributed by atoms with van der Waals surface area (Å²) in [5.41, 5.74) is 2.56. The molecule has 0 fully saturated rings. The van der Waals surface area contributed by atoms with E-state index in [0.717, 1.165) is 11.3 Å². The highest BCUT2D eigenvalue weighted by Crippen LogP contribution is 2.42. The van der Waals surface area contributed by atoms with Crippen LogP contribution in [0, 0.1) is 13.8 Å². The second-order valence-corrected chi connectivity index (χ2v) is 7.82. The quantitative estimate of drug-likeness (QED) is 0.524. The number of carbonyl (C=O) groups is 1. The van der Waals surface area contributed by atoms with Gasteiger partial charge in [-0.25, -0.2) is 4.98 Å². The number of nitrogens with zero attached hydrogens (tertiary/aromatic N) is 2. The number of pyridine rings is 1. The maximum Gasteiger partial charge on any atom is 0.296 e. The largest absolute Gasteiger partial charge is 0.504 e. The molecule has 4 aromatic rings. The lowest BCUT2D eigenvalue weighted by molar-refractivity contribution is 0.0970. The van der Waals surface area contributed by atoms with Crippen LogP contribution >= 0.6 is 0 Å². The number of methoxy groups -OCH3 is 1. The van der Waals surface area contributed by atoms with E-state index in [0.29, 0.717) is 22.4 Å². The highest BCUT2D eigenvalue weighted by Gasteiger charge is 2.44. The van der Waals surface area contributed by atoms with Crippen LogP contribution in [0.5, 0.6) is 11.5 Å². The van der Waals surface area contributed by atoms with Crippen LogP contribution in [-0.4, -0.2) is 23.1 Å². The van der Waals surface area contributed by atoms with E-state index in [9.17, 15) is 14.7 Å². The molecule has 7 heteroatoms. The van der Waals surface area contributed by atoms with Crippen molar-refractivity contribution in [3.05, 3.63) is 93.0 Å². The van der Waals surface area contributed by atoms with Gasteiger partial charge in [-0.15, -0.1) is 0 Å². The Balaban J connectivity index is 1.83. The number of aryl methyl sites for hydroxylation is 2. The van der Waals surface area contributed by atoms with Gasteiger partial charge in [0.25, 0.3) is 5.91 Å². The van der Waals surface area contributed by atoms with Crippen LogP contribution in [-0.2, 0) is 0 Å². The van der Waals surface area contributed by atoms with Crippen LogP contribution < -0.4 is 15.1 Å². The van der Waals surface area contributed by atoms with Crippen LogP contribution in [0.25, 0.3) is 11.0 Å². The van der Waals surface area contributed by atoms with E-state index < -0.39 is 11.9 Å². The lowest BCUT2D eigenvalue weighted by Gasteiger charge is -2.25. The van der Waals surface area contributed by atoms with Gasteiger partial charge in [-0.2, -0.15) is 0 Å². The van der Waals surface area contributed by atoms with Crippen molar-refractivity contribution in [1.82, 2.24) is 4.98 Å². The van der Waals surface area contributed by atoms with Gasteiger partial charge in [0, 0.05) is 5.69 Å². The molecule has 0 bridgehead atoms. The molecule has 0 radical (unpaired) electrons. The summed E-state index contributed by atoms with van der Waals surface area (Å²) >= 11 is 0. The lowest BCUT2D eigenvalue weighted by Crippen LogP contribution is -2.30. The summed E-state index contributed by atoms with van der Waals surface area (Å²) < 4.78 is 11.2. The number of phenolic OH excluding ortho intramolecular Hbond substituents is 1. The zero-order valence-electron chi connectivity index (χ0n) is 17.7. The first-order valence-electron chi connectivity index (χ1n) is 10.1. The number of rotatable bonds is 3. The van der Waals surface area contributed by atoms with Gasteiger partial charge in [-0.1, -0.05) is 23.8 Å². The van der Waals surface area contributed by atoms with Crippen molar-refractivity contribution in [2.24, 2.45) is 0 Å². The summed E-state index contributed by atoms with van der Waals surface area (Å²) in [6.07, 6.45) is 0. The van der Waals surface area contributed by atoms with E-state index in [1.807, 2.05) is 26.0 Å². The first-order chi connectivity index (χ1) is 15.4. The number of aromatic hydroxyl groups is 1. The molecule has 2 aromatic carbocycles. The monoisotopic (exact) mass is 428 g/mol. The molecule has 32 heavy (non-hydrogen) atoms. The number of amides is 1. The fraction of sp³-hybridized carbons (Fsp3) is 0.160. The normalized spacial score (nSPS) is 15.3. The number of carbonyl (C=O) groups excluding carboxylic acids is 1. The Morgan fingerprint density at radius 3 is 2.62 bits per heavy atom. The number of aromatic nitrogens is 1. The summed E-state index contributed by atoms with van der Waals surface area (Å²) in [7, 11) is 1.44. The number of phenols is 1. The third-order valence-electron chi connectivity index (χ3n) is 5.67. The molecule has 7 nitrogen and oxygen atoms in total. The average molecular weight is 428 g/mol. The van der Waals surface area contributed by atoms with Crippen LogP contribution in [0.2, 0.25) is 0 Å². The predicted octanol–water partition coefficient (Wildman–Crippen LogP) is 4.27. The predicted molar refractivity (Wildman–Crippen MR) is 120 cm³/mol. The van der Waals surface area contributed by atoms with Crippen LogP contribution in [0.3, 0.4) is 0 Å². The summed E-state index contributed by atoms with van der Waals surface area (Å²) in [5, 5.41) is 10.5. The minimum Gasteiger partial charge on any atom is -0.504 e. The van der Waals surface area contributed by atoms with Gasteiger partial charge in [0.15, 0.2) is 16.9 Å². The zero-order chi connectivity index (χ0) is 22.6. The molecule has 0 spiro atoms. The Kier molecular flexibility index (Phi) is 4.48. The molecular weight excluding hydrogens is 408 g/mol. The zero-order valence-corrected chi connectivity index (χ0v) is 17.7. The van der Waals surface area contributed by atoms with Gasteiger partial charge in [-0.3, -0.25) is 14.5 Å². The Labute approximate surface area is 183 Å². The Morgan fingerprint density at radius 2 is 1.88 bits per heavy atom. The maximum atomic E-state index is 13.6. The lowest BCUT2D eigenvalue weighted by atomic mass is 9.97. The van der Waals surface area contributed by atoms with E-state index in [1.54, 1.807) is 36.4 Å². The van der Waals surface area contributed by atoms with Crippen molar-refractivity contribution in [1.29, 1.82) is 0 Å². The minimum absolute atomic E-state index is 0.00768. The highest BCUT2D eigenvalue weighted by atomic mass is 16.5. The molecule has 0 aliphatic carbocycles. The average Bonchev–Trinajstić information content (AvgIpc) is 3.07. The van der Waals surface area contributed by atoms with E-state index in [2.05, 4.69) is 4.98 Å². The van der Waals surface area contributed by atoms with Gasteiger partial charge in [-0.05, 0) is 55.8 Å². The van der Waals surface area contributed by atoms with Gasteiger partial charge in [0.05, 0.1) is 24.1 Å². The van der Waals surface area contributed by atoms with Crippen LogP contribution in [0.15, 0.2) is 63.8 Å². The van der Waals surface area contributed by atoms with Gasteiger partial charge >= 0.3 is 0 Å². The van der Waals surface area contributed by atoms with Crippen LogP contribution in [0.1, 0.15) is 39.0 Å². The number of anilines is 1. The van der Waals surface area contributed by atoms with Crippen molar-refractivity contribution >= 4 is 22.7 Å². The molecule has 0 saturated carbocycles. The number of benzene rings is 2. The molecule has 1 amide bonds. The SMILES string of the molecule is COc1cc([C@H]2c3c(oc4ccc(C)cc4c3=O)C(=O)N2c2cccc(C)n2)ccc1O. The molecule has 3 heterocycles. The van der Waals surface area contributed by atoms with E-state index in [4.69, 9.17) is 9.15 Å².